The van der Waals surface area contributed by atoms with Gasteiger partial charge in [0.05, 0.1) is 6.04 Å². The maximum atomic E-state index is 12.8. The lowest BCUT2D eigenvalue weighted by Gasteiger charge is -2.35. The molecule has 1 aliphatic rings. The Kier molecular flexibility index (Phi) is 5.65. The molecule has 1 heterocycles. The minimum atomic E-state index is -0.632. The highest BCUT2D eigenvalue weighted by atomic mass is 35.5. The van der Waals surface area contributed by atoms with Gasteiger partial charge in [-0.1, -0.05) is 30.9 Å². The normalized spacial score (nSPS) is 15.6. The Morgan fingerprint density at radius 3 is 2.56 bits per heavy atom. The van der Waals surface area contributed by atoms with Crippen LogP contribution in [0.2, 0.25) is 5.02 Å². The van der Waals surface area contributed by atoms with Crippen LogP contribution in [0.1, 0.15) is 63.4 Å². The summed E-state index contributed by atoms with van der Waals surface area (Å²) < 4.78 is 5.51. The number of nitrogens with zero attached hydrogens (tertiary/aromatic N) is 1. The SMILES string of the molecule is CC(C)(C)OC(=O)N(NC(=O)c1cc2cc(Cl)ccc2[nH]1)C1CCCCC1. The van der Waals surface area contributed by atoms with Crippen molar-refractivity contribution in [2.75, 3.05) is 0 Å². The van der Waals surface area contributed by atoms with Gasteiger partial charge in [0.2, 0.25) is 0 Å². The molecule has 0 spiro atoms. The van der Waals surface area contributed by atoms with Crippen LogP contribution in [0.15, 0.2) is 24.3 Å². The molecule has 0 aliphatic heterocycles. The van der Waals surface area contributed by atoms with Crippen molar-refractivity contribution in [2.45, 2.75) is 64.5 Å². The number of aromatic amines is 1. The maximum Gasteiger partial charge on any atom is 0.429 e. The number of halogens is 1. The van der Waals surface area contributed by atoms with Crippen LogP contribution >= 0.6 is 11.6 Å². The number of aromatic nitrogens is 1. The predicted octanol–water partition coefficient (Wildman–Crippen LogP) is 5.04. The van der Waals surface area contributed by atoms with E-state index < -0.39 is 11.7 Å². The van der Waals surface area contributed by atoms with Crippen LogP contribution in [0.25, 0.3) is 10.9 Å². The minimum absolute atomic E-state index is 0.0589. The van der Waals surface area contributed by atoms with Crippen molar-refractivity contribution in [3.8, 4) is 0 Å². The molecule has 0 bridgehead atoms. The van der Waals surface area contributed by atoms with Gasteiger partial charge >= 0.3 is 6.09 Å². The van der Waals surface area contributed by atoms with Gasteiger partial charge in [0.15, 0.2) is 0 Å². The van der Waals surface area contributed by atoms with Gasteiger partial charge in [-0.05, 0) is 57.9 Å². The predicted molar refractivity (Wildman–Crippen MR) is 106 cm³/mol. The molecule has 0 radical (unpaired) electrons. The fraction of sp³-hybridized carbons (Fsp3) is 0.500. The van der Waals surface area contributed by atoms with Crippen molar-refractivity contribution < 1.29 is 14.3 Å². The number of hydrogen-bond donors (Lipinski definition) is 2. The molecule has 1 aromatic heterocycles. The van der Waals surface area contributed by atoms with Gasteiger partial charge in [0, 0.05) is 15.9 Å². The minimum Gasteiger partial charge on any atom is -0.442 e. The Labute approximate surface area is 164 Å². The van der Waals surface area contributed by atoms with E-state index in [1.54, 1.807) is 18.2 Å². The average molecular weight is 392 g/mol. The molecular weight excluding hydrogens is 366 g/mol. The fourth-order valence-corrected chi connectivity index (χ4v) is 3.51. The number of carbonyl (C=O) groups excluding carboxylic acids is 2. The first-order chi connectivity index (χ1) is 12.7. The first-order valence-corrected chi connectivity index (χ1v) is 9.72. The van der Waals surface area contributed by atoms with Crippen LogP contribution in [0, 0.1) is 0 Å². The van der Waals surface area contributed by atoms with Gasteiger partial charge in [0.1, 0.15) is 11.3 Å². The van der Waals surface area contributed by atoms with E-state index in [-0.39, 0.29) is 11.9 Å². The second kappa shape index (κ2) is 7.80. The number of benzene rings is 1. The van der Waals surface area contributed by atoms with Gasteiger partial charge < -0.3 is 9.72 Å². The summed E-state index contributed by atoms with van der Waals surface area (Å²) in [6, 6.07) is 7.04. The number of fused-ring (bicyclic) bond motifs is 1. The summed E-state index contributed by atoms with van der Waals surface area (Å²) in [4.78, 5) is 28.6. The van der Waals surface area contributed by atoms with Crippen molar-refractivity contribution >= 4 is 34.5 Å². The zero-order chi connectivity index (χ0) is 19.6. The van der Waals surface area contributed by atoms with Crippen LogP contribution in [0.5, 0.6) is 0 Å². The third-order valence-electron chi connectivity index (χ3n) is 4.58. The molecule has 3 rings (SSSR count). The molecule has 1 saturated carbocycles. The molecule has 0 saturated heterocycles. The molecular formula is C20H26ClN3O3. The Morgan fingerprint density at radius 1 is 1.19 bits per heavy atom. The Bertz CT molecular complexity index is 835. The van der Waals surface area contributed by atoms with Crippen LogP contribution in [0.4, 0.5) is 4.79 Å². The molecule has 146 valence electrons. The third kappa shape index (κ3) is 4.95. The summed E-state index contributed by atoms with van der Waals surface area (Å²) in [6.45, 7) is 5.44. The molecule has 1 fully saturated rings. The van der Waals surface area contributed by atoms with Gasteiger partial charge in [-0.25, -0.2) is 9.80 Å². The second-order valence-electron chi connectivity index (χ2n) is 8.00. The van der Waals surface area contributed by atoms with Gasteiger partial charge in [-0.3, -0.25) is 10.2 Å². The maximum absolute atomic E-state index is 12.8. The van der Waals surface area contributed by atoms with Crippen molar-refractivity contribution in [3.05, 3.63) is 35.0 Å². The van der Waals surface area contributed by atoms with E-state index in [4.69, 9.17) is 16.3 Å². The molecule has 2 aromatic rings. The molecule has 0 unspecified atom stereocenters. The van der Waals surface area contributed by atoms with E-state index in [0.717, 1.165) is 43.0 Å². The van der Waals surface area contributed by atoms with Crippen molar-refractivity contribution in [3.63, 3.8) is 0 Å². The van der Waals surface area contributed by atoms with E-state index in [9.17, 15) is 9.59 Å². The number of H-pyrrole nitrogens is 1. The Morgan fingerprint density at radius 2 is 1.89 bits per heavy atom. The largest absolute Gasteiger partial charge is 0.442 e. The lowest BCUT2D eigenvalue weighted by atomic mass is 9.95. The Hall–Kier alpha value is -2.21. The number of hydrazine groups is 1. The number of rotatable bonds is 2. The van der Waals surface area contributed by atoms with E-state index in [2.05, 4.69) is 10.4 Å². The summed E-state index contributed by atoms with van der Waals surface area (Å²) >= 11 is 6.01. The molecule has 7 heteroatoms. The summed E-state index contributed by atoms with van der Waals surface area (Å²) in [5.41, 5.74) is 3.31. The molecule has 2 N–H and O–H groups in total. The quantitative estimate of drug-likeness (QED) is 0.704. The fourth-order valence-electron chi connectivity index (χ4n) is 3.33. The van der Waals surface area contributed by atoms with E-state index >= 15 is 0 Å². The molecule has 1 aromatic carbocycles. The average Bonchev–Trinajstić information content (AvgIpc) is 3.02. The summed E-state index contributed by atoms with van der Waals surface area (Å²) in [6.07, 6.45) is 4.39. The monoisotopic (exact) mass is 391 g/mol. The van der Waals surface area contributed by atoms with Crippen LogP contribution in [0.3, 0.4) is 0 Å². The molecule has 6 nitrogen and oxygen atoms in total. The zero-order valence-electron chi connectivity index (χ0n) is 16.0. The first-order valence-electron chi connectivity index (χ1n) is 9.34. The number of carbonyl (C=O) groups is 2. The topological polar surface area (TPSA) is 74.4 Å². The smallest absolute Gasteiger partial charge is 0.429 e. The summed E-state index contributed by atoms with van der Waals surface area (Å²) in [5, 5.41) is 2.81. The third-order valence-corrected chi connectivity index (χ3v) is 4.81. The van der Waals surface area contributed by atoms with Gasteiger partial charge in [-0.15, -0.1) is 0 Å². The first kappa shape index (κ1) is 19.5. The lowest BCUT2D eigenvalue weighted by Crippen LogP contribution is -2.54. The van der Waals surface area contributed by atoms with Crippen LogP contribution in [-0.4, -0.2) is 33.6 Å². The van der Waals surface area contributed by atoms with Gasteiger partial charge in [0.25, 0.3) is 5.91 Å². The highest BCUT2D eigenvalue weighted by molar-refractivity contribution is 6.31. The van der Waals surface area contributed by atoms with E-state index in [1.807, 2.05) is 26.8 Å². The number of ether oxygens (including phenoxy) is 1. The number of amides is 2. The van der Waals surface area contributed by atoms with Gasteiger partial charge in [-0.2, -0.15) is 0 Å². The van der Waals surface area contributed by atoms with E-state index in [0.29, 0.717) is 10.7 Å². The summed E-state index contributed by atoms with van der Waals surface area (Å²) in [7, 11) is 0. The summed E-state index contributed by atoms with van der Waals surface area (Å²) in [5.74, 6) is -0.376. The van der Waals surface area contributed by atoms with Crippen molar-refractivity contribution in [2.24, 2.45) is 0 Å². The molecule has 1 aliphatic carbocycles. The number of nitrogens with one attached hydrogen (secondary N) is 2. The second-order valence-corrected chi connectivity index (χ2v) is 8.43. The van der Waals surface area contributed by atoms with Crippen LogP contribution < -0.4 is 5.43 Å². The highest BCUT2D eigenvalue weighted by Crippen LogP contribution is 2.24. The highest BCUT2D eigenvalue weighted by Gasteiger charge is 2.31. The molecule has 0 atom stereocenters. The standard InChI is InChI=1S/C20H26ClN3O3/c1-20(2,3)27-19(26)24(15-7-5-4-6-8-15)23-18(25)17-12-13-11-14(21)9-10-16(13)22-17/h9-12,15,22H,4-8H2,1-3H3,(H,23,25). The zero-order valence-corrected chi connectivity index (χ0v) is 16.7. The molecule has 2 amide bonds. The van der Waals surface area contributed by atoms with E-state index in [1.165, 1.54) is 5.01 Å². The van der Waals surface area contributed by atoms with Crippen molar-refractivity contribution in [1.29, 1.82) is 0 Å². The van der Waals surface area contributed by atoms with Crippen LogP contribution in [-0.2, 0) is 4.74 Å². The molecule has 27 heavy (non-hydrogen) atoms. The number of hydrogen-bond acceptors (Lipinski definition) is 3. The Balaban J connectivity index is 1.80. The lowest BCUT2D eigenvalue weighted by molar-refractivity contribution is -0.00239. The van der Waals surface area contributed by atoms with Crippen molar-refractivity contribution in [1.82, 2.24) is 15.4 Å².